The molecule has 2 aliphatic heterocycles. The molecule has 1 N–H and O–H groups in total. The van der Waals surface area contributed by atoms with Crippen molar-refractivity contribution in [3.8, 4) is 0 Å². The van der Waals surface area contributed by atoms with E-state index in [2.05, 4.69) is 33.8 Å². The molecule has 0 aromatic heterocycles. The molecule has 6 rings (SSSR count). The highest BCUT2D eigenvalue weighted by Crippen LogP contribution is 2.82. The van der Waals surface area contributed by atoms with Crippen molar-refractivity contribution in [3.63, 3.8) is 0 Å². The van der Waals surface area contributed by atoms with Gasteiger partial charge in [0.25, 0.3) is 0 Å². The minimum absolute atomic E-state index is 0.0220. The van der Waals surface area contributed by atoms with Crippen LogP contribution in [0.4, 0.5) is 0 Å². The summed E-state index contributed by atoms with van der Waals surface area (Å²) in [5.41, 5.74) is -1.99. The van der Waals surface area contributed by atoms with Crippen molar-refractivity contribution in [2.45, 2.75) is 84.9 Å². The van der Waals surface area contributed by atoms with Crippen molar-refractivity contribution in [3.05, 3.63) is 11.6 Å². The molecule has 0 spiro atoms. The lowest BCUT2D eigenvalue weighted by molar-refractivity contribution is -0.285. The quantitative estimate of drug-likeness (QED) is 0.238. The topological polar surface area (TPSA) is 91.3 Å². The standard InChI is InChI=1S/C31H44O7S2/c1-15(2)22-9-19-10-29(13-32)21-8-7-16(3)20(21)11-30(19,31(22,29)27(33)34)14-36-26-25(38-28(39)40-6)23-17(4)12-35-24(23)18(5)37-26/h9,13,15-21,23-26H,7-8,10-12,14H2,1-6H3,(H,33,34)/t16?,17-,18+,19?,20?,21?,23+,24+,25-,26+,29?,30?,31?/m0/s1. The smallest absolute Gasteiger partial charge is 0.315 e. The summed E-state index contributed by atoms with van der Waals surface area (Å²) in [5, 5.41) is 11.3. The third kappa shape index (κ3) is 3.56. The summed E-state index contributed by atoms with van der Waals surface area (Å²) >= 11 is 6.86. The predicted octanol–water partition coefficient (Wildman–Crippen LogP) is 5.36. The summed E-state index contributed by atoms with van der Waals surface area (Å²) in [5.74, 6) is 0.272. The van der Waals surface area contributed by atoms with E-state index in [9.17, 15) is 14.7 Å². The lowest BCUT2D eigenvalue weighted by atomic mass is 9.43. The van der Waals surface area contributed by atoms with Gasteiger partial charge in [-0.15, -0.1) is 0 Å². The number of carboxylic acid groups (broad SMARTS) is 1. The maximum absolute atomic E-state index is 13.7. The van der Waals surface area contributed by atoms with Crippen LogP contribution in [0, 0.1) is 57.7 Å². The van der Waals surface area contributed by atoms with E-state index < -0.39 is 34.6 Å². The number of aliphatic carboxylic acids is 1. The highest BCUT2D eigenvalue weighted by molar-refractivity contribution is 8.22. The lowest BCUT2D eigenvalue weighted by Crippen LogP contribution is -2.64. The number of ether oxygens (including phenoxy) is 4. The zero-order valence-corrected chi connectivity index (χ0v) is 26.1. The van der Waals surface area contributed by atoms with Crippen molar-refractivity contribution < 1.29 is 33.6 Å². The van der Waals surface area contributed by atoms with Gasteiger partial charge in [-0.25, -0.2) is 0 Å². The zero-order chi connectivity index (χ0) is 28.8. The Hall–Kier alpha value is -1.00. The van der Waals surface area contributed by atoms with Crippen LogP contribution in [0.2, 0.25) is 0 Å². The van der Waals surface area contributed by atoms with Crippen LogP contribution in [0.5, 0.6) is 0 Å². The van der Waals surface area contributed by atoms with E-state index in [0.717, 1.165) is 31.1 Å². The second-order valence-electron chi connectivity index (χ2n) is 13.9. The molecule has 7 nitrogen and oxygen atoms in total. The summed E-state index contributed by atoms with van der Waals surface area (Å²) < 4.78 is 26.1. The first-order chi connectivity index (χ1) is 19.0. The number of aldehydes is 1. The number of carbonyl (C=O) groups excluding carboxylic acids is 1. The van der Waals surface area contributed by atoms with E-state index in [1.807, 2.05) is 13.2 Å². The van der Waals surface area contributed by atoms with Gasteiger partial charge in [-0.05, 0) is 80.2 Å². The van der Waals surface area contributed by atoms with E-state index in [1.54, 1.807) is 0 Å². The molecule has 9 heteroatoms. The van der Waals surface area contributed by atoms with Crippen molar-refractivity contribution in [1.82, 2.24) is 0 Å². The highest BCUT2D eigenvalue weighted by atomic mass is 32.2. The van der Waals surface area contributed by atoms with Gasteiger partial charge in [0, 0.05) is 11.3 Å². The molecule has 4 bridgehead atoms. The summed E-state index contributed by atoms with van der Waals surface area (Å²) in [7, 11) is 0. The molecule has 2 heterocycles. The molecule has 13 atom stereocenters. The fraction of sp³-hybridized carbons (Fsp3) is 0.839. The van der Waals surface area contributed by atoms with Crippen molar-refractivity contribution in [1.29, 1.82) is 0 Å². The SMILES string of the molecule is CSC(=S)O[C@@H]1[C@H](OCC23CC4C(C)CCC4C4(C=O)CC2C=C(C(C)C)C43C(=O)O)O[C@H](C)[C@H]2OC[C@H](C)[C@@H]12. The van der Waals surface area contributed by atoms with Gasteiger partial charge < -0.3 is 28.8 Å². The third-order valence-electron chi connectivity index (χ3n) is 12.1. The molecule has 0 amide bonds. The molecule has 5 fully saturated rings. The number of fused-ring (bicyclic) bond motifs is 3. The van der Waals surface area contributed by atoms with Crippen LogP contribution < -0.4 is 0 Å². The van der Waals surface area contributed by atoms with Gasteiger partial charge in [0.05, 0.1) is 30.8 Å². The molecular formula is C31H44O7S2. The first kappa shape index (κ1) is 29.1. The van der Waals surface area contributed by atoms with Crippen molar-refractivity contribution in [2.75, 3.05) is 19.5 Å². The minimum Gasteiger partial charge on any atom is -0.481 e. The van der Waals surface area contributed by atoms with Crippen molar-refractivity contribution in [2.24, 2.45) is 57.7 Å². The molecule has 0 aromatic rings. The van der Waals surface area contributed by atoms with Crippen LogP contribution in [0.1, 0.15) is 60.3 Å². The van der Waals surface area contributed by atoms with Gasteiger partial charge in [0.1, 0.15) is 11.7 Å². The van der Waals surface area contributed by atoms with Gasteiger partial charge in [-0.1, -0.05) is 57.5 Å². The Morgan fingerprint density at radius 1 is 1.25 bits per heavy atom. The summed E-state index contributed by atoms with van der Waals surface area (Å²) in [6, 6.07) is 0. The second-order valence-corrected chi connectivity index (χ2v) is 15.3. The number of thiocarbonyl (C=S) groups is 1. The normalized spacial score (nSPS) is 50.4. The predicted molar refractivity (Wildman–Crippen MR) is 156 cm³/mol. The Labute approximate surface area is 247 Å². The van der Waals surface area contributed by atoms with Gasteiger partial charge in [-0.3, -0.25) is 4.79 Å². The van der Waals surface area contributed by atoms with Crippen LogP contribution in [-0.4, -0.2) is 65.8 Å². The van der Waals surface area contributed by atoms with E-state index in [-0.39, 0.29) is 48.4 Å². The lowest BCUT2D eigenvalue weighted by Gasteiger charge is -2.58. The Balaban J connectivity index is 1.41. The number of carbonyl (C=O) groups is 2. The maximum atomic E-state index is 13.7. The van der Waals surface area contributed by atoms with E-state index in [1.165, 1.54) is 11.8 Å². The molecule has 222 valence electrons. The molecule has 0 aromatic carbocycles. The molecule has 6 aliphatic rings. The second kappa shape index (κ2) is 10.0. The van der Waals surface area contributed by atoms with Gasteiger partial charge in [0.15, 0.2) is 12.4 Å². The Bertz CT molecular complexity index is 1110. The number of carboxylic acids is 1. The molecule has 4 aliphatic carbocycles. The molecule has 2 saturated heterocycles. The number of hydrogen-bond acceptors (Lipinski definition) is 8. The monoisotopic (exact) mass is 592 g/mol. The van der Waals surface area contributed by atoms with Crippen LogP contribution in [0.25, 0.3) is 0 Å². The number of thioether (sulfide) groups is 1. The van der Waals surface area contributed by atoms with Crippen LogP contribution in [0.15, 0.2) is 11.6 Å². The average molecular weight is 593 g/mol. The summed E-state index contributed by atoms with van der Waals surface area (Å²) in [6.07, 6.45) is 6.98. The fourth-order valence-electron chi connectivity index (χ4n) is 10.6. The number of allylic oxidation sites excluding steroid dienone is 1. The number of hydrogen-bond donors (Lipinski definition) is 1. The first-order valence-electron chi connectivity index (χ1n) is 15.0. The Kier molecular flexibility index (Phi) is 7.30. The van der Waals surface area contributed by atoms with E-state index in [4.69, 9.17) is 31.2 Å². The first-order valence-corrected chi connectivity index (χ1v) is 16.7. The minimum atomic E-state index is -1.27. The zero-order valence-electron chi connectivity index (χ0n) is 24.5. The molecule has 0 radical (unpaired) electrons. The van der Waals surface area contributed by atoms with Crippen molar-refractivity contribution >= 4 is 40.6 Å². The van der Waals surface area contributed by atoms with Gasteiger partial charge in [0.2, 0.25) is 4.38 Å². The number of rotatable bonds is 7. The highest BCUT2D eigenvalue weighted by Gasteiger charge is 2.84. The van der Waals surface area contributed by atoms with E-state index in [0.29, 0.717) is 29.2 Å². The largest absolute Gasteiger partial charge is 0.481 e. The van der Waals surface area contributed by atoms with E-state index >= 15 is 0 Å². The fourth-order valence-corrected chi connectivity index (χ4v) is 10.9. The molecule has 40 heavy (non-hydrogen) atoms. The average Bonchev–Trinajstić information content (AvgIpc) is 3.62. The molecular weight excluding hydrogens is 548 g/mol. The summed E-state index contributed by atoms with van der Waals surface area (Å²) in [6.45, 7) is 11.4. The molecule has 7 unspecified atom stereocenters. The molecule has 3 saturated carbocycles. The Morgan fingerprint density at radius 2 is 2.00 bits per heavy atom. The Morgan fingerprint density at radius 3 is 2.65 bits per heavy atom. The van der Waals surface area contributed by atoms with Crippen LogP contribution in [-0.2, 0) is 28.5 Å². The maximum Gasteiger partial charge on any atom is 0.315 e. The van der Waals surface area contributed by atoms with Crippen LogP contribution >= 0.6 is 24.0 Å². The van der Waals surface area contributed by atoms with Gasteiger partial charge >= 0.3 is 5.97 Å². The summed E-state index contributed by atoms with van der Waals surface area (Å²) in [4.78, 5) is 27.1. The third-order valence-corrected chi connectivity index (χ3v) is 13.1. The van der Waals surface area contributed by atoms with Gasteiger partial charge in [-0.2, -0.15) is 0 Å². The van der Waals surface area contributed by atoms with Crippen LogP contribution in [0.3, 0.4) is 0 Å².